The van der Waals surface area contributed by atoms with Crippen LogP contribution in [0.3, 0.4) is 0 Å². The van der Waals surface area contributed by atoms with Crippen molar-refractivity contribution in [2.24, 2.45) is 5.41 Å². The molecule has 2 aliphatic heterocycles. The lowest BCUT2D eigenvalue weighted by Gasteiger charge is -2.38. The average molecular weight is 441 g/mol. The quantitative estimate of drug-likeness (QED) is 0.529. The SMILES string of the molecule is O=C1C[C@]2(CSc3[nH]c(=O)sc3[C@@H]2c2ccccc2O)C(=O)N1c1ccc(O)cc1. The summed E-state index contributed by atoms with van der Waals surface area (Å²) >= 11 is 2.36. The maximum absolute atomic E-state index is 13.8. The minimum Gasteiger partial charge on any atom is -0.508 e. The van der Waals surface area contributed by atoms with E-state index in [4.69, 9.17) is 0 Å². The first-order valence-corrected chi connectivity index (χ1v) is 11.0. The monoisotopic (exact) mass is 440 g/mol. The van der Waals surface area contributed by atoms with E-state index in [0.717, 1.165) is 16.2 Å². The maximum Gasteiger partial charge on any atom is 0.305 e. The molecule has 0 saturated carbocycles. The Kier molecular flexibility index (Phi) is 4.26. The van der Waals surface area contributed by atoms with Gasteiger partial charge in [-0.1, -0.05) is 29.5 Å². The van der Waals surface area contributed by atoms with Crippen molar-refractivity contribution in [3.8, 4) is 11.5 Å². The van der Waals surface area contributed by atoms with Crippen molar-refractivity contribution in [2.45, 2.75) is 17.4 Å². The molecule has 152 valence electrons. The largest absolute Gasteiger partial charge is 0.508 e. The topological polar surface area (TPSA) is 111 Å². The highest BCUT2D eigenvalue weighted by Crippen LogP contribution is 2.58. The van der Waals surface area contributed by atoms with Gasteiger partial charge in [0.15, 0.2) is 0 Å². The Labute approximate surface area is 179 Å². The van der Waals surface area contributed by atoms with Crippen LogP contribution in [-0.4, -0.2) is 32.8 Å². The number of fused-ring (bicyclic) bond motifs is 1. The molecule has 7 nitrogen and oxygen atoms in total. The third-order valence-corrected chi connectivity index (χ3v) is 7.98. The first-order chi connectivity index (χ1) is 14.4. The van der Waals surface area contributed by atoms with Crippen LogP contribution < -0.4 is 9.77 Å². The van der Waals surface area contributed by atoms with Gasteiger partial charge in [0, 0.05) is 28.5 Å². The number of hydrogen-bond donors (Lipinski definition) is 3. The molecule has 2 aliphatic rings. The predicted molar refractivity (Wildman–Crippen MR) is 113 cm³/mol. The third kappa shape index (κ3) is 2.69. The fraction of sp³-hybridized carbons (Fsp3) is 0.190. The van der Waals surface area contributed by atoms with Crippen molar-refractivity contribution >= 4 is 40.6 Å². The molecule has 3 aromatic rings. The Morgan fingerprint density at radius 1 is 1.03 bits per heavy atom. The van der Waals surface area contributed by atoms with E-state index in [1.54, 1.807) is 24.3 Å². The summed E-state index contributed by atoms with van der Waals surface area (Å²) in [6.45, 7) is 0. The Hall–Kier alpha value is -3.04. The number of carbonyl (C=O) groups is 2. The Bertz CT molecular complexity index is 1230. The van der Waals surface area contributed by atoms with Crippen LogP contribution in [0, 0.1) is 5.41 Å². The lowest BCUT2D eigenvalue weighted by atomic mass is 9.70. The summed E-state index contributed by atoms with van der Waals surface area (Å²) in [7, 11) is 0. The number of hydrogen-bond acceptors (Lipinski definition) is 7. The molecule has 2 amide bonds. The van der Waals surface area contributed by atoms with Crippen LogP contribution in [0.5, 0.6) is 11.5 Å². The molecule has 30 heavy (non-hydrogen) atoms. The molecule has 5 rings (SSSR count). The van der Waals surface area contributed by atoms with Gasteiger partial charge in [0.05, 0.1) is 16.1 Å². The molecule has 1 aromatic heterocycles. The number of imide groups is 1. The van der Waals surface area contributed by atoms with Crippen LogP contribution in [0.2, 0.25) is 0 Å². The van der Waals surface area contributed by atoms with E-state index in [-0.39, 0.29) is 34.6 Å². The van der Waals surface area contributed by atoms with Gasteiger partial charge in [0.2, 0.25) is 11.8 Å². The zero-order valence-corrected chi connectivity index (χ0v) is 17.1. The molecule has 9 heteroatoms. The molecular weight excluding hydrogens is 424 g/mol. The molecule has 0 unspecified atom stereocenters. The van der Waals surface area contributed by atoms with E-state index in [1.165, 1.54) is 36.0 Å². The summed E-state index contributed by atoms with van der Waals surface area (Å²) in [6.07, 6.45) is -0.0375. The number of thiazole rings is 1. The number of thioether (sulfide) groups is 1. The van der Waals surface area contributed by atoms with Crippen molar-refractivity contribution in [3.63, 3.8) is 0 Å². The van der Waals surface area contributed by atoms with E-state index in [1.807, 2.05) is 0 Å². The van der Waals surface area contributed by atoms with Crippen LogP contribution in [0.25, 0.3) is 0 Å². The summed E-state index contributed by atoms with van der Waals surface area (Å²) in [6, 6.07) is 12.6. The number of amides is 2. The number of nitrogens with zero attached hydrogens (tertiary/aromatic N) is 1. The lowest BCUT2D eigenvalue weighted by Crippen LogP contribution is -2.43. The summed E-state index contributed by atoms with van der Waals surface area (Å²) in [5.74, 6) is -0.996. The van der Waals surface area contributed by atoms with Gasteiger partial charge in [-0.15, -0.1) is 11.8 Å². The number of phenolic OH excluding ortho intramolecular Hbond substituents is 2. The number of phenols is 2. The second-order valence-electron chi connectivity index (χ2n) is 7.37. The number of aromatic hydroxyl groups is 2. The van der Waals surface area contributed by atoms with Crippen molar-refractivity contribution in [1.29, 1.82) is 0 Å². The van der Waals surface area contributed by atoms with E-state index in [0.29, 0.717) is 26.9 Å². The Morgan fingerprint density at radius 3 is 2.50 bits per heavy atom. The van der Waals surface area contributed by atoms with E-state index < -0.39 is 11.3 Å². The van der Waals surface area contributed by atoms with Crippen LogP contribution >= 0.6 is 23.1 Å². The van der Waals surface area contributed by atoms with E-state index in [9.17, 15) is 24.6 Å². The fourth-order valence-corrected chi connectivity index (χ4v) is 6.84. The highest BCUT2D eigenvalue weighted by molar-refractivity contribution is 7.99. The molecule has 1 fully saturated rings. The first kappa shape index (κ1) is 19.0. The summed E-state index contributed by atoms with van der Waals surface area (Å²) in [5, 5.41) is 20.8. The van der Waals surface area contributed by atoms with Gasteiger partial charge in [-0.05, 0) is 30.3 Å². The second kappa shape index (κ2) is 6.75. The van der Waals surface area contributed by atoms with E-state index >= 15 is 0 Å². The Morgan fingerprint density at radius 2 is 1.77 bits per heavy atom. The fourth-order valence-electron chi connectivity index (χ4n) is 4.29. The Balaban J connectivity index is 1.69. The maximum atomic E-state index is 13.8. The number of benzene rings is 2. The van der Waals surface area contributed by atoms with Gasteiger partial charge < -0.3 is 15.2 Å². The number of H-pyrrole nitrogens is 1. The number of para-hydroxylation sites is 1. The van der Waals surface area contributed by atoms with E-state index in [2.05, 4.69) is 4.98 Å². The van der Waals surface area contributed by atoms with Crippen molar-refractivity contribution < 1.29 is 19.8 Å². The summed E-state index contributed by atoms with van der Waals surface area (Å²) in [4.78, 5) is 43.2. The number of anilines is 1. The molecule has 0 bridgehead atoms. The number of aromatic amines is 1. The van der Waals surface area contributed by atoms with Gasteiger partial charge in [-0.3, -0.25) is 14.4 Å². The lowest BCUT2D eigenvalue weighted by molar-refractivity contribution is -0.125. The molecular formula is C21H16N2O5S2. The van der Waals surface area contributed by atoms with Gasteiger partial charge in [0.1, 0.15) is 11.5 Å². The number of carbonyl (C=O) groups excluding carboxylic acids is 2. The first-order valence-electron chi connectivity index (χ1n) is 9.21. The number of aromatic nitrogens is 1. The molecule has 0 radical (unpaired) electrons. The molecule has 1 saturated heterocycles. The minimum atomic E-state index is -1.13. The van der Waals surface area contributed by atoms with Gasteiger partial charge in [-0.2, -0.15) is 0 Å². The van der Waals surface area contributed by atoms with Gasteiger partial charge in [0.25, 0.3) is 0 Å². The predicted octanol–water partition coefficient (Wildman–Crippen LogP) is 3.04. The molecule has 1 spiro atoms. The summed E-state index contributed by atoms with van der Waals surface area (Å²) in [5.41, 5.74) is -0.229. The number of nitrogens with one attached hydrogen (secondary N) is 1. The standard InChI is InChI=1S/C21H16N2O5S2/c24-12-7-5-11(6-8-12)23-15(26)9-21(19(23)27)10-29-18-17(30-20(28)22-18)16(21)13-3-1-2-4-14(13)25/h1-8,16,24-25H,9-10H2,(H,22,28)/t16-,21+/m0/s1. The van der Waals surface area contributed by atoms with Crippen molar-refractivity contribution in [2.75, 3.05) is 10.7 Å². The average Bonchev–Trinajstić information content (AvgIpc) is 3.21. The van der Waals surface area contributed by atoms with Crippen molar-refractivity contribution in [1.82, 2.24) is 4.98 Å². The normalized spacial score (nSPS) is 23.2. The molecule has 0 aliphatic carbocycles. The molecule has 3 heterocycles. The number of rotatable bonds is 2. The van der Waals surface area contributed by atoms with Crippen LogP contribution in [0.1, 0.15) is 22.8 Å². The second-order valence-corrected chi connectivity index (χ2v) is 9.37. The third-order valence-electron chi connectivity index (χ3n) is 5.63. The highest BCUT2D eigenvalue weighted by atomic mass is 32.2. The zero-order valence-electron chi connectivity index (χ0n) is 15.5. The summed E-state index contributed by atoms with van der Waals surface area (Å²) < 4.78 is 0. The molecule has 3 N–H and O–H groups in total. The molecule has 2 aromatic carbocycles. The highest BCUT2D eigenvalue weighted by Gasteiger charge is 2.60. The smallest absolute Gasteiger partial charge is 0.305 e. The minimum absolute atomic E-state index is 0.0175. The van der Waals surface area contributed by atoms with Crippen molar-refractivity contribution in [3.05, 3.63) is 68.6 Å². The van der Waals surface area contributed by atoms with Crippen LogP contribution in [0.4, 0.5) is 5.69 Å². The van der Waals surface area contributed by atoms with Gasteiger partial charge >= 0.3 is 4.87 Å². The van der Waals surface area contributed by atoms with Gasteiger partial charge in [-0.25, -0.2) is 4.90 Å². The molecule has 2 atom stereocenters. The zero-order chi connectivity index (χ0) is 21.0. The van der Waals surface area contributed by atoms with Crippen LogP contribution in [-0.2, 0) is 9.59 Å². The van der Waals surface area contributed by atoms with Crippen LogP contribution in [0.15, 0.2) is 58.4 Å².